The van der Waals surface area contributed by atoms with Crippen LogP contribution in [0.5, 0.6) is 0 Å². The van der Waals surface area contributed by atoms with Gasteiger partial charge in [-0.3, -0.25) is 9.67 Å². The summed E-state index contributed by atoms with van der Waals surface area (Å²) in [6.45, 7) is 1.92. The smallest absolute Gasteiger partial charge is 0.0847 e. The fourth-order valence-electron chi connectivity index (χ4n) is 2.06. The standard InChI is InChI=1S/C13H17ClN4/c1-9-13(14)12(18(3)17-9)7-11(15-2)10-5-4-6-16-8-10/h4-6,8,11,15H,7H2,1-3H3. The van der Waals surface area contributed by atoms with E-state index >= 15 is 0 Å². The summed E-state index contributed by atoms with van der Waals surface area (Å²) < 4.78 is 1.85. The summed E-state index contributed by atoms with van der Waals surface area (Å²) in [5.41, 5.74) is 3.06. The van der Waals surface area contributed by atoms with Crippen molar-refractivity contribution in [2.75, 3.05) is 7.05 Å². The number of aromatic nitrogens is 3. The van der Waals surface area contributed by atoms with Crippen LogP contribution in [0.3, 0.4) is 0 Å². The van der Waals surface area contributed by atoms with Crippen LogP contribution < -0.4 is 5.32 Å². The average molecular weight is 265 g/mol. The Bertz CT molecular complexity index is 521. The molecule has 1 atom stereocenters. The minimum atomic E-state index is 0.186. The molecular formula is C13H17ClN4. The highest BCUT2D eigenvalue weighted by Gasteiger charge is 2.17. The molecular weight excluding hydrogens is 248 g/mol. The Labute approximate surface area is 112 Å². The van der Waals surface area contributed by atoms with Crippen LogP contribution in [0, 0.1) is 6.92 Å². The van der Waals surface area contributed by atoms with Crippen molar-refractivity contribution in [2.24, 2.45) is 7.05 Å². The highest BCUT2D eigenvalue weighted by Crippen LogP contribution is 2.25. The Hall–Kier alpha value is -1.39. The van der Waals surface area contributed by atoms with Crippen LogP contribution in [0.1, 0.15) is 23.0 Å². The van der Waals surface area contributed by atoms with Crippen LogP contribution in [0.25, 0.3) is 0 Å². The zero-order valence-electron chi connectivity index (χ0n) is 10.8. The normalized spacial score (nSPS) is 12.7. The second-order valence-electron chi connectivity index (χ2n) is 4.30. The third-order valence-corrected chi connectivity index (χ3v) is 3.59. The Morgan fingerprint density at radius 2 is 2.28 bits per heavy atom. The fraction of sp³-hybridized carbons (Fsp3) is 0.385. The van der Waals surface area contributed by atoms with Gasteiger partial charge >= 0.3 is 0 Å². The van der Waals surface area contributed by atoms with E-state index in [4.69, 9.17) is 11.6 Å². The lowest BCUT2D eigenvalue weighted by molar-refractivity contribution is 0.560. The predicted octanol–water partition coefficient (Wildman–Crippen LogP) is 2.28. The van der Waals surface area contributed by atoms with Crippen LogP contribution in [0.4, 0.5) is 0 Å². The molecule has 0 saturated heterocycles. The van der Waals surface area contributed by atoms with Crippen LogP contribution in [-0.4, -0.2) is 21.8 Å². The molecule has 5 heteroatoms. The van der Waals surface area contributed by atoms with E-state index in [1.165, 1.54) is 0 Å². The van der Waals surface area contributed by atoms with Crippen molar-refractivity contribution < 1.29 is 0 Å². The Morgan fingerprint density at radius 1 is 1.50 bits per heavy atom. The summed E-state index contributed by atoms with van der Waals surface area (Å²) in [5, 5.41) is 8.38. The molecule has 0 aliphatic heterocycles. The number of halogens is 1. The molecule has 18 heavy (non-hydrogen) atoms. The van der Waals surface area contributed by atoms with Gasteiger partial charge in [-0.2, -0.15) is 5.10 Å². The number of nitrogens with one attached hydrogen (secondary N) is 1. The number of likely N-dealkylation sites (N-methyl/N-ethyl adjacent to an activating group) is 1. The maximum absolute atomic E-state index is 6.28. The molecule has 2 heterocycles. The molecule has 0 fully saturated rings. The van der Waals surface area contributed by atoms with Crippen molar-refractivity contribution in [3.8, 4) is 0 Å². The van der Waals surface area contributed by atoms with Crippen LogP contribution >= 0.6 is 11.6 Å². The zero-order valence-corrected chi connectivity index (χ0v) is 11.6. The van der Waals surface area contributed by atoms with E-state index in [2.05, 4.69) is 21.5 Å². The molecule has 2 aromatic rings. The SMILES string of the molecule is CNC(Cc1c(Cl)c(C)nn1C)c1cccnc1. The summed E-state index contributed by atoms with van der Waals surface area (Å²) in [6.07, 6.45) is 4.44. The monoisotopic (exact) mass is 264 g/mol. The van der Waals surface area contributed by atoms with E-state index in [9.17, 15) is 0 Å². The van der Waals surface area contributed by atoms with Gasteiger partial charge in [0.15, 0.2) is 0 Å². The topological polar surface area (TPSA) is 42.7 Å². The lowest BCUT2D eigenvalue weighted by Gasteiger charge is -2.16. The minimum Gasteiger partial charge on any atom is -0.313 e. The predicted molar refractivity (Wildman–Crippen MR) is 72.7 cm³/mol. The first-order valence-electron chi connectivity index (χ1n) is 5.88. The molecule has 96 valence electrons. The van der Waals surface area contributed by atoms with Gasteiger partial charge in [0.25, 0.3) is 0 Å². The lowest BCUT2D eigenvalue weighted by Crippen LogP contribution is -2.20. The molecule has 2 rings (SSSR count). The van der Waals surface area contributed by atoms with Gasteiger partial charge in [0.1, 0.15) is 0 Å². The van der Waals surface area contributed by atoms with Crippen LogP contribution in [-0.2, 0) is 13.5 Å². The fourth-order valence-corrected chi connectivity index (χ4v) is 2.30. The molecule has 2 aromatic heterocycles. The van der Waals surface area contributed by atoms with Gasteiger partial charge in [-0.25, -0.2) is 0 Å². The zero-order chi connectivity index (χ0) is 13.1. The summed E-state index contributed by atoms with van der Waals surface area (Å²) in [6, 6.07) is 4.19. The third-order valence-electron chi connectivity index (χ3n) is 3.09. The van der Waals surface area contributed by atoms with Gasteiger partial charge < -0.3 is 5.32 Å². The van der Waals surface area contributed by atoms with Crippen molar-refractivity contribution in [1.29, 1.82) is 0 Å². The van der Waals surface area contributed by atoms with Crippen molar-refractivity contribution in [3.05, 3.63) is 46.5 Å². The first-order chi connectivity index (χ1) is 8.63. The minimum absolute atomic E-state index is 0.186. The largest absolute Gasteiger partial charge is 0.313 e. The van der Waals surface area contributed by atoms with E-state index < -0.39 is 0 Å². The first kappa shape index (κ1) is 13.1. The second kappa shape index (κ2) is 5.50. The van der Waals surface area contributed by atoms with Crippen LogP contribution in [0.2, 0.25) is 5.02 Å². The van der Waals surface area contributed by atoms with E-state index in [0.29, 0.717) is 0 Å². The number of aryl methyl sites for hydroxylation is 2. The van der Waals surface area contributed by atoms with Gasteiger partial charge in [-0.15, -0.1) is 0 Å². The molecule has 0 spiro atoms. The first-order valence-corrected chi connectivity index (χ1v) is 6.26. The lowest BCUT2D eigenvalue weighted by atomic mass is 10.0. The van der Waals surface area contributed by atoms with Crippen LogP contribution in [0.15, 0.2) is 24.5 Å². The van der Waals surface area contributed by atoms with Crippen molar-refractivity contribution in [2.45, 2.75) is 19.4 Å². The quantitative estimate of drug-likeness (QED) is 0.921. The summed E-state index contributed by atoms with van der Waals surface area (Å²) in [5.74, 6) is 0. The highest BCUT2D eigenvalue weighted by molar-refractivity contribution is 6.31. The van der Waals surface area contributed by atoms with E-state index in [1.807, 2.05) is 38.0 Å². The number of pyridine rings is 1. The summed E-state index contributed by atoms with van der Waals surface area (Å²) in [7, 11) is 3.86. The molecule has 0 amide bonds. The molecule has 0 radical (unpaired) electrons. The van der Waals surface area contributed by atoms with Crippen molar-refractivity contribution in [1.82, 2.24) is 20.1 Å². The van der Waals surface area contributed by atoms with E-state index in [-0.39, 0.29) is 6.04 Å². The van der Waals surface area contributed by atoms with E-state index in [0.717, 1.165) is 28.4 Å². The summed E-state index contributed by atoms with van der Waals surface area (Å²) in [4.78, 5) is 4.15. The highest BCUT2D eigenvalue weighted by atomic mass is 35.5. The third kappa shape index (κ3) is 2.54. The molecule has 0 aromatic carbocycles. The van der Waals surface area contributed by atoms with Gasteiger partial charge in [-0.05, 0) is 25.6 Å². The number of hydrogen-bond donors (Lipinski definition) is 1. The molecule has 1 unspecified atom stereocenters. The summed E-state index contributed by atoms with van der Waals surface area (Å²) >= 11 is 6.28. The molecule has 0 bridgehead atoms. The Kier molecular flexibility index (Phi) is 3.99. The molecule has 0 aliphatic carbocycles. The molecule has 4 nitrogen and oxygen atoms in total. The van der Waals surface area contributed by atoms with Crippen molar-refractivity contribution >= 4 is 11.6 Å². The molecule has 1 N–H and O–H groups in total. The van der Waals surface area contributed by atoms with Crippen molar-refractivity contribution in [3.63, 3.8) is 0 Å². The van der Waals surface area contributed by atoms with Gasteiger partial charge in [-0.1, -0.05) is 17.7 Å². The average Bonchev–Trinajstić information content (AvgIpc) is 2.62. The van der Waals surface area contributed by atoms with Gasteiger partial charge in [0.05, 0.1) is 16.4 Å². The van der Waals surface area contributed by atoms with Gasteiger partial charge in [0, 0.05) is 31.9 Å². The Morgan fingerprint density at radius 3 is 2.78 bits per heavy atom. The van der Waals surface area contributed by atoms with E-state index in [1.54, 1.807) is 6.20 Å². The second-order valence-corrected chi connectivity index (χ2v) is 4.68. The molecule has 0 aliphatic rings. The maximum Gasteiger partial charge on any atom is 0.0847 e. The Balaban J connectivity index is 2.26. The van der Waals surface area contributed by atoms with Gasteiger partial charge in [0.2, 0.25) is 0 Å². The molecule has 0 saturated carbocycles. The number of nitrogens with zero attached hydrogens (tertiary/aromatic N) is 3. The number of hydrogen-bond acceptors (Lipinski definition) is 3. The maximum atomic E-state index is 6.28. The number of rotatable bonds is 4.